The van der Waals surface area contributed by atoms with Crippen LogP contribution in [0.2, 0.25) is 5.02 Å². The molecule has 2 amide bonds. The van der Waals surface area contributed by atoms with Crippen LogP contribution >= 0.6 is 11.6 Å². The zero-order valence-electron chi connectivity index (χ0n) is 23.1. The average Bonchev–Trinajstić information content (AvgIpc) is 2.93. The molecule has 0 aromatic heterocycles. The normalized spacial score (nSPS) is 12.8. The third kappa shape index (κ3) is 7.40. The van der Waals surface area contributed by atoms with Crippen LogP contribution in [-0.4, -0.2) is 43.8 Å². The Bertz CT molecular complexity index is 1430. The van der Waals surface area contributed by atoms with Gasteiger partial charge in [0.2, 0.25) is 11.8 Å². The van der Waals surface area contributed by atoms with Crippen LogP contribution in [0.5, 0.6) is 0 Å². The van der Waals surface area contributed by atoms with Crippen LogP contribution < -0.4 is 9.62 Å². The minimum atomic E-state index is -4.36. The summed E-state index contributed by atoms with van der Waals surface area (Å²) < 4.78 is 43.4. The van der Waals surface area contributed by atoms with Gasteiger partial charge in [0.25, 0.3) is 10.0 Å². The van der Waals surface area contributed by atoms with E-state index in [-0.39, 0.29) is 35.5 Å². The number of nitrogens with one attached hydrogen (secondary N) is 1. The summed E-state index contributed by atoms with van der Waals surface area (Å²) in [5.41, 5.74) is 1.16. The van der Waals surface area contributed by atoms with Gasteiger partial charge >= 0.3 is 0 Å². The van der Waals surface area contributed by atoms with Gasteiger partial charge in [0.15, 0.2) is 0 Å². The fourth-order valence-electron chi connectivity index (χ4n) is 4.18. The van der Waals surface area contributed by atoms with Gasteiger partial charge in [0, 0.05) is 17.6 Å². The van der Waals surface area contributed by atoms with E-state index < -0.39 is 34.3 Å². The van der Waals surface area contributed by atoms with Crippen molar-refractivity contribution in [2.75, 3.05) is 10.8 Å². The maximum absolute atomic E-state index is 15.0. The molecule has 0 spiro atoms. The van der Waals surface area contributed by atoms with Gasteiger partial charge in [0.05, 0.1) is 10.6 Å². The number of sulfonamides is 1. The van der Waals surface area contributed by atoms with E-state index >= 15 is 4.39 Å². The molecule has 1 N–H and O–H groups in total. The van der Waals surface area contributed by atoms with E-state index in [1.54, 1.807) is 43.3 Å². The minimum Gasteiger partial charge on any atom is -0.352 e. The number of rotatable bonds is 12. The van der Waals surface area contributed by atoms with E-state index in [9.17, 15) is 18.0 Å². The number of carbonyl (C=O) groups is 2. The molecule has 214 valence electrons. The summed E-state index contributed by atoms with van der Waals surface area (Å²) in [4.78, 5) is 28.5. The molecule has 0 aliphatic carbocycles. The molecule has 3 aromatic carbocycles. The quantitative estimate of drug-likeness (QED) is 0.294. The van der Waals surface area contributed by atoms with Crippen molar-refractivity contribution in [3.8, 4) is 0 Å². The molecule has 0 saturated heterocycles. The van der Waals surface area contributed by atoms with Crippen LogP contribution in [0.3, 0.4) is 0 Å². The molecule has 10 heteroatoms. The second-order valence-electron chi connectivity index (χ2n) is 9.63. The highest BCUT2D eigenvalue weighted by atomic mass is 35.5. The maximum Gasteiger partial charge on any atom is 0.264 e. The number of benzene rings is 3. The Kier molecular flexibility index (Phi) is 10.7. The average molecular weight is 588 g/mol. The number of anilines is 1. The topological polar surface area (TPSA) is 86.8 Å². The second-order valence-corrected chi connectivity index (χ2v) is 11.9. The third-order valence-electron chi connectivity index (χ3n) is 6.69. The Morgan fingerprint density at radius 3 is 2.17 bits per heavy atom. The largest absolute Gasteiger partial charge is 0.352 e. The van der Waals surface area contributed by atoms with E-state index in [1.165, 1.54) is 35.2 Å². The predicted octanol–water partition coefficient (Wildman–Crippen LogP) is 5.70. The zero-order valence-corrected chi connectivity index (χ0v) is 24.7. The highest BCUT2D eigenvalue weighted by molar-refractivity contribution is 7.92. The van der Waals surface area contributed by atoms with Crippen molar-refractivity contribution in [1.29, 1.82) is 0 Å². The molecule has 3 aromatic rings. The summed E-state index contributed by atoms with van der Waals surface area (Å²) in [6.07, 6.45) is 0.958. The van der Waals surface area contributed by atoms with E-state index in [4.69, 9.17) is 11.6 Å². The molecule has 0 aliphatic rings. The zero-order chi connectivity index (χ0) is 29.4. The fraction of sp³-hybridized carbons (Fsp3) is 0.333. The molecule has 0 radical (unpaired) electrons. The van der Waals surface area contributed by atoms with E-state index in [2.05, 4.69) is 5.32 Å². The first-order chi connectivity index (χ1) is 19.0. The summed E-state index contributed by atoms with van der Waals surface area (Å²) in [5, 5.41) is 3.31. The van der Waals surface area contributed by atoms with Crippen LogP contribution in [0.25, 0.3) is 0 Å². The molecule has 2 atom stereocenters. The summed E-state index contributed by atoms with van der Waals surface area (Å²) in [6.45, 7) is 6.61. The Balaban J connectivity index is 2.08. The van der Waals surface area contributed by atoms with Crippen molar-refractivity contribution in [2.24, 2.45) is 0 Å². The van der Waals surface area contributed by atoms with Crippen molar-refractivity contribution in [3.63, 3.8) is 0 Å². The first-order valence-corrected chi connectivity index (χ1v) is 15.0. The summed E-state index contributed by atoms with van der Waals surface area (Å²) in [7, 11) is -4.36. The van der Waals surface area contributed by atoms with Gasteiger partial charge in [-0.15, -0.1) is 0 Å². The first-order valence-electron chi connectivity index (χ1n) is 13.2. The Hall–Kier alpha value is -3.43. The number of nitrogens with zero attached hydrogens (tertiary/aromatic N) is 2. The highest BCUT2D eigenvalue weighted by Crippen LogP contribution is 2.28. The van der Waals surface area contributed by atoms with Gasteiger partial charge in [-0.3, -0.25) is 13.9 Å². The smallest absolute Gasteiger partial charge is 0.264 e. The molecule has 40 heavy (non-hydrogen) atoms. The monoisotopic (exact) mass is 587 g/mol. The SMILES string of the molecule is CC[C@@H](C)NC(=O)[C@H](CC)N(Cc1ccccc1Cl)C(=O)CN(c1ccccc1F)S(=O)(=O)c1ccc(C)cc1. The van der Waals surface area contributed by atoms with Crippen LogP contribution in [0.1, 0.15) is 44.7 Å². The van der Waals surface area contributed by atoms with E-state index in [0.717, 1.165) is 15.9 Å². The van der Waals surface area contributed by atoms with Crippen LogP contribution in [-0.2, 0) is 26.2 Å². The van der Waals surface area contributed by atoms with Gasteiger partial charge in [-0.05, 0) is 62.6 Å². The fourth-order valence-corrected chi connectivity index (χ4v) is 5.79. The van der Waals surface area contributed by atoms with Crippen molar-refractivity contribution in [1.82, 2.24) is 10.2 Å². The van der Waals surface area contributed by atoms with Crippen LogP contribution in [0.4, 0.5) is 10.1 Å². The van der Waals surface area contributed by atoms with Crippen molar-refractivity contribution in [3.05, 3.63) is 94.8 Å². The molecule has 0 unspecified atom stereocenters. The van der Waals surface area contributed by atoms with Gasteiger partial charge in [-0.2, -0.15) is 0 Å². The molecule has 7 nitrogen and oxygen atoms in total. The molecular formula is C30H35ClFN3O4S. The maximum atomic E-state index is 15.0. The van der Waals surface area contributed by atoms with Crippen molar-refractivity contribution in [2.45, 2.75) is 64.1 Å². The van der Waals surface area contributed by atoms with Gasteiger partial charge in [-0.1, -0.05) is 73.5 Å². The number of halogens is 2. The summed E-state index contributed by atoms with van der Waals surface area (Å²) >= 11 is 6.40. The van der Waals surface area contributed by atoms with Gasteiger partial charge in [-0.25, -0.2) is 12.8 Å². The molecular weight excluding hydrogens is 553 g/mol. The molecule has 3 rings (SSSR count). The molecule has 0 bridgehead atoms. The summed E-state index contributed by atoms with van der Waals surface area (Å²) in [5.74, 6) is -1.84. The lowest BCUT2D eigenvalue weighted by atomic mass is 10.1. The third-order valence-corrected chi connectivity index (χ3v) is 8.84. The van der Waals surface area contributed by atoms with Gasteiger partial charge < -0.3 is 10.2 Å². The Morgan fingerprint density at radius 1 is 0.950 bits per heavy atom. The number of amides is 2. The number of aryl methyl sites for hydroxylation is 1. The Labute approximate surface area is 241 Å². The van der Waals surface area contributed by atoms with Crippen molar-refractivity contribution >= 4 is 39.1 Å². The lowest BCUT2D eigenvalue weighted by molar-refractivity contribution is -0.140. The van der Waals surface area contributed by atoms with E-state index in [1.807, 2.05) is 20.8 Å². The number of para-hydroxylation sites is 1. The number of carbonyl (C=O) groups excluding carboxylic acids is 2. The molecule has 0 fully saturated rings. The van der Waals surface area contributed by atoms with Crippen LogP contribution in [0.15, 0.2) is 77.7 Å². The second kappa shape index (κ2) is 13.8. The molecule has 0 aliphatic heterocycles. The lowest BCUT2D eigenvalue weighted by Crippen LogP contribution is -2.53. The number of hydrogen-bond acceptors (Lipinski definition) is 4. The van der Waals surface area contributed by atoms with Crippen LogP contribution in [0, 0.1) is 12.7 Å². The predicted molar refractivity (Wildman–Crippen MR) is 156 cm³/mol. The van der Waals surface area contributed by atoms with Crippen molar-refractivity contribution < 1.29 is 22.4 Å². The number of hydrogen-bond donors (Lipinski definition) is 1. The lowest BCUT2D eigenvalue weighted by Gasteiger charge is -2.34. The molecule has 0 heterocycles. The van der Waals surface area contributed by atoms with Gasteiger partial charge in [0.1, 0.15) is 18.4 Å². The summed E-state index contributed by atoms with van der Waals surface area (Å²) in [6, 6.07) is 17.3. The standard InChI is InChI=1S/C30H35ClFN3O4S/c1-5-22(4)33-30(37)27(6-2)34(19-23-11-7-8-12-25(23)31)29(36)20-35(28-14-10-9-13-26(28)32)40(38,39)24-17-15-21(3)16-18-24/h7-18,22,27H,5-6,19-20H2,1-4H3,(H,33,37)/t22-,27+/m1/s1. The Morgan fingerprint density at radius 2 is 1.57 bits per heavy atom. The minimum absolute atomic E-state index is 0.0410. The molecule has 0 saturated carbocycles. The first kappa shape index (κ1) is 31.1. The highest BCUT2D eigenvalue weighted by Gasteiger charge is 2.35. The van der Waals surface area contributed by atoms with E-state index in [0.29, 0.717) is 17.0 Å².